The second-order valence-corrected chi connectivity index (χ2v) is 6.95. The average molecular weight is 415 g/mol. The van der Waals surface area contributed by atoms with E-state index in [-0.39, 0.29) is 18.7 Å². The molecule has 0 aromatic carbocycles. The minimum Gasteiger partial charge on any atom is -0.314 e. The van der Waals surface area contributed by atoms with Gasteiger partial charge in [0.15, 0.2) is 5.13 Å². The molecule has 12 heteroatoms. The molecule has 4 heterocycles. The molecule has 0 spiro atoms. The van der Waals surface area contributed by atoms with E-state index >= 15 is 0 Å². The minimum absolute atomic E-state index is 0.184. The van der Waals surface area contributed by atoms with Gasteiger partial charge in [-0.25, -0.2) is 19.3 Å². The van der Waals surface area contributed by atoms with Gasteiger partial charge in [-0.2, -0.15) is 10.2 Å². The quantitative estimate of drug-likeness (QED) is 0.320. The topological polar surface area (TPSA) is 114 Å². The third kappa shape index (κ3) is 4.17. The van der Waals surface area contributed by atoms with E-state index in [1.807, 2.05) is 6.08 Å². The molecular weight excluding hydrogens is 398 g/mol. The second-order valence-electron chi connectivity index (χ2n) is 6.06. The molecule has 1 fully saturated rings. The van der Waals surface area contributed by atoms with Gasteiger partial charge in [-0.15, -0.1) is 17.9 Å². The van der Waals surface area contributed by atoms with Gasteiger partial charge in [-0.3, -0.25) is 15.0 Å². The Hall–Kier alpha value is -3.51. The highest BCUT2D eigenvalue weighted by Gasteiger charge is 2.41. The molecule has 2 bridgehead atoms. The number of thiazole rings is 1. The Morgan fingerprint density at radius 2 is 2.41 bits per heavy atom. The van der Waals surface area contributed by atoms with Gasteiger partial charge in [-0.1, -0.05) is 11.2 Å². The summed E-state index contributed by atoms with van der Waals surface area (Å²) in [6.07, 6.45) is 7.42. The molecule has 1 atom stereocenters. The van der Waals surface area contributed by atoms with Crippen LogP contribution >= 0.6 is 11.3 Å². The number of urea groups is 1. The third-order valence-electron chi connectivity index (χ3n) is 4.10. The third-order valence-corrected chi connectivity index (χ3v) is 4.79. The van der Waals surface area contributed by atoms with E-state index < -0.39 is 6.09 Å². The summed E-state index contributed by atoms with van der Waals surface area (Å²) in [5.74, 6) is 0. The number of amides is 3. The van der Waals surface area contributed by atoms with Crippen LogP contribution in [0.2, 0.25) is 0 Å². The SMILES string of the molecule is C=CCON1C(=O)N2CC(n3ccc(C=NOC(=O)Nc4nccs4)n3)=CC1C2. The Labute approximate surface area is 169 Å². The standard InChI is InChI=1S/C17H17N7O4S/c1-2-6-27-24-14-8-13(10-22(11-14)17(24)26)23-5-3-12(21-23)9-19-28-16(25)20-15-18-4-7-29-15/h2-5,7-9,14H,1,6,10-11H2,(H,18,20,25). The fourth-order valence-electron chi connectivity index (χ4n) is 2.91. The van der Waals surface area contributed by atoms with Crippen molar-refractivity contribution < 1.29 is 19.3 Å². The van der Waals surface area contributed by atoms with Crippen molar-refractivity contribution in [1.82, 2.24) is 24.7 Å². The molecule has 4 rings (SSSR count). The van der Waals surface area contributed by atoms with Gasteiger partial charge in [0.2, 0.25) is 0 Å². The van der Waals surface area contributed by atoms with Crippen molar-refractivity contribution in [2.75, 3.05) is 25.0 Å². The van der Waals surface area contributed by atoms with Gasteiger partial charge < -0.3 is 4.90 Å². The van der Waals surface area contributed by atoms with Crippen LogP contribution in [0.5, 0.6) is 0 Å². The fraction of sp³-hybridized carbons (Fsp3) is 0.235. The van der Waals surface area contributed by atoms with Crippen LogP contribution in [0, 0.1) is 0 Å². The van der Waals surface area contributed by atoms with Crippen LogP contribution in [0.25, 0.3) is 5.70 Å². The monoisotopic (exact) mass is 415 g/mol. The Bertz CT molecular complexity index is 968. The van der Waals surface area contributed by atoms with Crippen LogP contribution in [-0.4, -0.2) is 68.8 Å². The molecule has 11 nitrogen and oxygen atoms in total. The lowest BCUT2D eigenvalue weighted by Crippen LogP contribution is -2.33. The van der Waals surface area contributed by atoms with Crippen LogP contribution in [0.1, 0.15) is 5.69 Å². The summed E-state index contributed by atoms with van der Waals surface area (Å²) in [7, 11) is 0. The van der Waals surface area contributed by atoms with E-state index in [0.717, 1.165) is 5.70 Å². The summed E-state index contributed by atoms with van der Waals surface area (Å²) >= 11 is 1.27. The highest BCUT2D eigenvalue weighted by molar-refractivity contribution is 7.13. The number of carbonyl (C=O) groups excluding carboxylic acids is 2. The van der Waals surface area contributed by atoms with Gasteiger partial charge in [-0.05, 0) is 12.1 Å². The average Bonchev–Trinajstić information content (AvgIpc) is 3.43. The van der Waals surface area contributed by atoms with Crippen LogP contribution in [0.3, 0.4) is 0 Å². The Kier molecular flexibility index (Phi) is 5.35. The van der Waals surface area contributed by atoms with Gasteiger partial charge >= 0.3 is 12.1 Å². The number of oxime groups is 1. The number of carbonyl (C=O) groups is 2. The number of nitrogens with one attached hydrogen (secondary N) is 1. The van der Waals surface area contributed by atoms with E-state index in [9.17, 15) is 9.59 Å². The number of fused-ring (bicyclic) bond motifs is 2. The molecule has 0 radical (unpaired) electrons. The number of nitrogens with zero attached hydrogens (tertiary/aromatic N) is 6. The van der Waals surface area contributed by atoms with E-state index in [4.69, 9.17) is 9.68 Å². The normalized spacial score (nSPS) is 18.3. The Morgan fingerprint density at radius 3 is 3.21 bits per heavy atom. The number of aromatic nitrogens is 3. The molecule has 29 heavy (non-hydrogen) atoms. The van der Waals surface area contributed by atoms with E-state index in [2.05, 4.69) is 27.1 Å². The van der Waals surface area contributed by atoms with Crippen molar-refractivity contribution in [3.63, 3.8) is 0 Å². The maximum Gasteiger partial charge on any atom is 0.439 e. The van der Waals surface area contributed by atoms with Crippen molar-refractivity contribution in [1.29, 1.82) is 0 Å². The van der Waals surface area contributed by atoms with Gasteiger partial charge in [0.25, 0.3) is 0 Å². The minimum atomic E-state index is -0.742. The number of hydrogen-bond donors (Lipinski definition) is 1. The molecule has 3 amide bonds. The molecular formula is C17H17N7O4S. The molecule has 1 N–H and O–H groups in total. The molecule has 2 aliphatic heterocycles. The Balaban J connectivity index is 1.37. The van der Waals surface area contributed by atoms with Crippen LogP contribution < -0.4 is 5.32 Å². The van der Waals surface area contributed by atoms with Crippen molar-refractivity contribution in [2.45, 2.75) is 6.04 Å². The summed E-state index contributed by atoms with van der Waals surface area (Å²) < 4.78 is 1.65. The second kappa shape index (κ2) is 8.24. The summed E-state index contributed by atoms with van der Waals surface area (Å²) in [6, 6.07) is 1.34. The first-order chi connectivity index (χ1) is 14.1. The smallest absolute Gasteiger partial charge is 0.314 e. The predicted molar refractivity (Wildman–Crippen MR) is 105 cm³/mol. The number of hydroxylamine groups is 2. The van der Waals surface area contributed by atoms with E-state index in [1.54, 1.807) is 39.5 Å². The molecule has 2 aliphatic rings. The predicted octanol–water partition coefficient (Wildman–Crippen LogP) is 2.00. The van der Waals surface area contributed by atoms with Crippen LogP contribution in [-0.2, 0) is 9.68 Å². The van der Waals surface area contributed by atoms with Crippen LogP contribution in [0.4, 0.5) is 14.7 Å². The zero-order valence-electron chi connectivity index (χ0n) is 15.2. The molecule has 1 saturated heterocycles. The molecule has 2 aromatic rings. The van der Waals surface area contributed by atoms with Gasteiger partial charge in [0, 0.05) is 24.3 Å². The number of rotatable bonds is 7. The molecule has 1 unspecified atom stereocenters. The largest absolute Gasteiger partial charge is 0.439 e. The van der Waals surface area contributed by atoms with Crippen molar-refractivity contribution in [2.24, 2.45) is 5.16 Å². The lowest BCUT2D eigenvalue weighted by molar-refractivity contribution is -0.107. The number of anilines is 1. The highest BCUT2D eigenvalue weighted by Crippen LogP contribution is 2.26. The lowest BCUT2D eigenvalue weighted by atomic mass is 10.2. The number of hydrogen-bond acceptors (Lipinski definition) is 8. The van der Waals surface area contributed by atoms with E-state index in [1.165, 1.54) is 22.6 Å². The maximum atomic E-state index is 12.3. The molecule has 2 aromatic heterocycles. The first-order valence-electron chi connectivity index (χ1n) is 8.63. The van der Waals surface area contributed by atoms with Gasteiger partial charge in [0.1, 0.15) is 5.69 Å². The van der Waals surface area contributed by atoms with Crippen LogP contribution in [0.15, 0.2) is 47.7 Å². The van der Waals surface area contributed by atoms with Gasteiger partial charge in [0.05, 0.1) is 31.1 Å². The summed E-state index contributed by atoms with van der Waals surface area (Å²) in [5.41, 5.74) is 1.33. The van der Waals surface area contributed by atoms with Crippen molar-refractivity contribution in [3.8, 4) is 0 Å². The summed E-state index contributed by atoms with van der Waals surface area (Å²) in [4.78, 5) is 39.7. The molecule has 0 saturated carbocycles. The first kappa shape index (κ1) is 18.8. The first-order valence-corrected chi connectivity index (χ1v) is 9.51. The van der Waals surface area contributed by atoms with Crippen molar-refractivity contribution >= 4 is 40.5 Å². The summed E-state index contributed by atoms with van der Waals surface area (Å²) in [6.45, 7) is 4.83. The summed E-state index contributed by atoms with van der Waals surface area (Å²) in [5, 5.41) is 13.9. The zero-order valence-corrected chi connectivity index (χ0v) is 16.0. The maximum absolute atomic E-state index is 12.3. The highest BCUT2D eigenvalue weighted by atomic mass is 32.1. The molecule has 150 valence electrons. The van der Waals surface area contributed by atoms with Crippen molar-refractivity contribution in [3.05, 3.63) is 48.3 Å². The fourth-order valence-corrected chi connectivity index (χ4v) is 3.42. The Morgan fingerprint density at radius 1 is 1.52 bits per heavy atom. The molecule has 0 aliphatic carbocycles. The zero-order chi connectivity index (χ0) is 20.2. The lowest BCUT2D eigenvalue weighted by Gasteiger charge is -2.21. The van der Waals surface area contributed by atoms with E-state index in [0.29, 0.717) is 23.9 Å².